The van der Waals surface area contributed by atoms with Gasteiger partial charge in [0.15, 0.2) is 5.76 Å². The summed E-state index contributed by atoms with van der Waals surface area (Å²) in [6.07, 6.45) is 1.71. The Morgan fingerprint density at radius 2 is 2.00 bits per heavy atom. The standard InChI is InChI=1S/C14H12N2O2/c1-10-5-7-13(17)16(10)14-8-6-12(18-14)11-4-2-3-9-15-11/h2-9,17H,1H3/p-1. The van der Waals surface area contributed by atoms with E-state index in [4.69, 9.17) is 4.42 Å². The van der Waals surface area contributed by atoms with Crippen LogP contribution in [0.3, 0.4) is 0 Å². The quantitative estimate of drug-likeness (QED) is 0.690. The Morgan fingerprint density at radius 3 is 2.67 bits per heavy atom. The summed E-state index contributed by atoms with van der Waals surface area (Å²) in [5, 5.41) is 11.7. The van der Waals surface area contributed by atoms with Crippen LogP contribution in [0.4, 0.5) is 0 Å². The number of aryl methyl sites for hydroxylation is 1. The molecule has 0 aliphatic heterocycles. The number of hydrogen-bond donors (Lipinski definition) is 0. The van der Waals surface area contributed by atoms with Crippen LogP contribution < -0.4 is 5.11 Å². The highest BCUT2D eigenvalue weighted by molar-refractivity contribution is 5.53. The van der Waals surface area contributed by atoms with Gasteiger partial charge in [-0.1, -0.05) is 12.1 Å². The van der Waals surface area contributed by atoms with Crippen LogP contribution in [0.25, 0.3) is 17.3 Å². The van der Waals surface area contributed by atoms with Gasteiger partial charge < -0.3 is 9.52 Å². The van der Waals surface area contributed by atoms with Gasteiger partial charge >= 0.3 is 0 Å². The minimum absolute atomic E-state index is 0.0885. The number of aromatic nitrogens is 2. The topological polar surface area (TPSA) is 54.0 Å². The molecular weight excluding hydrogens is 228 g/mol. The normalized spacial score (nSPS) is 10.7. The van der Waals surface area contributed by atoms with Crippen LogP contribution in [0.15, 0.2) is 53.1 Å². The third kappa shape index (κ3) is 1.68. The van der Waals surface area contributed by atoms with Gasteiger partial charge in [0.1, 0.15) is 5.69 Å². The Labute approximate surface area is 104 Å². The highest BCUT2D eigenvalue weighted by Gasteiger charge is 2.08. The molecular formula is C14H11N2O2-. The molecule has 3 aromatic heterocycles. The molecule has 4 nitrogen and oxygen atoms in total. The summed E-state index contributed by atoms with van der Waals surface area (Å²) in [5.74, 6) is 1.08. The van der Waals surface area contributed by atoms with Gasteiger partial charge in [-0.2, -0.15) is 0 Å². The average molecular weight is 239 g/mol. The maximum atomic E-state index is 11.7. The molecule has 0 saturated carbocycles. The van der Waals surface area contributed by atoms with Crippen molar-refractivity contribution in [2.24, 2.45) is 0 Å². The lowest BCUT2D eigenvalue weighted by molar-refractivity contribution is -0.277. The molecule has 0 spiro atoms. The molecule has 0 saturated heterocycles. The van der Waals surface area contributed by atoms with Crippen LogP contribution in [-0.2, 0) is 0 Å². The Kier molecular flexibility index (Phi) is 2.41. The highest BCUT2D eigenvalue weighted by atomic mass is 16.4. The predicted molar refractivity (Wildman–Crippen MR) is 65.4 cm³/mol. The van der Waals surface area contributed by atoms with Crippen LogP contribution in [0.5, 0.6) is 5.88 Å². The Bertz CT molecular complexity index is 649. The summed E-state index contributed by atoms with van der Waals surface area (Å²) in [6, 6.07) is 12.5. The van der Waals surface area contributed by atoms with E-state index in [0.29, 0.717) is 11.6 Å². The molecule has 0 aliphatic rings. The molecule has 0 aliphatic carbocycles. The molecule has 0 bridgehead atoms. The summed E-state index contributed by atoms with van der Waals surface area (Å²) < 4.78 is 7.21. The second kappa shape index (κ2) is 4.07. The van der Waals surface area contributed by atoms with Crippen molar-refractivity contribution in [3.05, 3.63) is 54.4 Å². The predicted octanol–water partition coefficient (Wildman–Crippen LogP) is 2.51. The van der Waals surface area contributed by atoms with Gasteiger partial charge in [-0.15, -0.1) is 0 Å². The van der Waals surface area contributed by atoms with Gasteiger partial charge in [-0.05, 0) is 37.1 Å². The van der Waals surface area contributed by atoms with Crippen LogP contribution >= 0.6 is 0 Å². The lowest BCUT2D eigenvalue weighted by atomic mass is 10.3. The fraction of sp³-hybridized carbons (Fsp3) is 0.0714. The van der Waals surface area contributed by atoms with Gasteiger partial charge in [-0.25, -0.2) is 0 Å². The van der Waals surface area contributed by atoms with Gasteiger partial charge in [-0.3, -0.25) is 9.55 Å². The van der Waals surface area contributed by atoms with Crippen molar-refractivity contribution in [2.75, 3.05) is 0 Å². The van der Waals surface area contributed by atoms with Crippen molar-refractivity contribution >= 4 is 0 Å². The second-order valence-corrected chi connectivity index (χ2v) is 4.00. The first-order valence-corrected chi connectivity index (χ1v) is 5.63. The molecule has 0 N–H and O–H groups in total. The van der Waals surface area contributed by atoms with Crippen molar-refractivity contribution in [3.8, 4) is 23.2 Å². The first-order chi connectivity index (χ1) is 8.75. The average Bonchev–Trinajstić information content (AvgIpc) is 2.98. The molecule has 0 atom stereocenters. The lowest BCUT2D eigenvalue weighted by Gasteiger charge is -2.11. The van der Waals surface area contributed by atoms with Crippen LogP contribution in [0.1, 0.15) is 5.69 Å². The molecule has 18 heavy (non-hydrogen) atoms. The smallest absolute Gasteiger partial charge is 0.203 e. The van der Waals surface area contributed by atoms with E-state index >= 15 is 0 Å². The van der Waals surface area contributed by atoms with Crippen molar-refractivity contribution in [1.82, 2.24) is 9.55 Å². The van der Waals surface area contributed by atoms with E-state index in [1.807, 2.05) is 31.2 Å². The summed E-state index contributed by atoms with van der Waals surface area (Å²) in [6.45, 7) is 1.87. The Morgan fingerprint density at radius 1 is 1.11 bits per heavy atom. The first-order valence-electron chi connectivity index (χ1n) is 5.63. The third-order valence-corrected chi connectivity index (χ3v) is 2.77. The summed E-state index contributed by atoms with van der Waals surface area (Å²) >= 11 is 0. The molecule has 0 fully saturated rings. The zero-order valence-electron chi connectivity index (χ0n) is 9.83. The molecule has 0 unspecified atom stereocenters. The monoisotopic (exact) mass is 239 g/mol. The van der Waals surface area contributed by atoms with E-state index in [1.54, 1.807) is 18.3 Å². The van der Waals surface area contributed by atoms with Crippen molar-refractivity contribution in [2.45, 2.75) is 6.92 Å². The third-order valence-electron chi connectivity index (χ3n) is 2.77. The molecule has 0 radical (unpaired) electrons. The van der Waals surface area contributed by atoms with E-state index in [1.165, 1.54) is 10.6 Å². The fourth-order valence-electron chi connectivity index (χ4n) is 1.89. The summed E-state index contributed by atoms with van der Waals surface area (Å²) in [4.78, 5) is 4.21. The lowest BCUT2D eigenvalue weighted by Crippen LogP contribution is -2.01. The van der Waals surface area contributed by atoms with Crippen molar-refractivity contribution in [3.63, 3.8) is 0 Å². The Hall–Kier alpha value is -2.49. The summed E-state index contributed by atoms with van der Waals surface area (Å²) in [7, 11) is 0. The van der Waals surface area contributed by atoms with Crippen LogP contribution in [0, 0.1) is 6.92 Å². The minimum Gasteiger partial charge on any atom is -0.860 e. The van der Waals surface area contributed by atoms with Crippen molar-refractivity contribution < 1.29 is 9.52 Å². The van der Waals surface area contributed by atoms with Crippen LogP contribution in [0.2, 0.25) is 0 Å². The number of furan rings is 1. The van der Waals surface area contributed by atoms with E-state index < -0.39 is 0 Å². The van der Waals surface area contributed by atoms with E-state index in [-0.39, 0.29) is 5.88 Å². The van der Waals surface area contributed by atoms with Gasteiger partial charge in [0, 0.05) is 18.0 Å². The molecule has 0 amide bonds. The number of pyridine rings is 1. The Balaban J connectivity index is 2.05. The molecule has 3 aromatic rings. The number of hydrogen-bond acceptors (Lipinski definition) is 3. The zero-order chi connectivity index (χ0) is 12.5. The van der Waals surface area contributed by atoms with E-state index in [2.05, 4.69) is 4.98 Å². The van der Waals surface area contributed by atoms with Gasteiger partial charge in [0.25, 0.3) is 0 Å². The molecule has 0 aromatic carbocycles. The maximum Gasteiger partial charge on any atom is 0.203 e. The first kappa shape index (κ1) is 10.7. The van der Waals surface area contributed by atoms with E-state index in [0.717, 1.165) is 11.4 Å². The molecule has 90 valence electrons. The van der Waals surface area contributed by atoms with Gasteiger partial charge in [0.2, 0.25) is 5.88 Å². The van der Waals surface area contributed by atoms with Gasteiger partial charge in [0.05, 0.1) is 0 Å². The number of nitrogens with zero attached hydrogens (tertiary/aromatic N) is 2. The highest BCUT2D eigenvalue weighted by Crippen LogP contribution is 2.26. The molecule has 3 rings (SSSR count). The van der Waals surface area contributed by atoms with Crippen LogP contribution in [-0.4, -0.2) is 9.55 Å². The maximum absolute atomic E-state index is 11.7. The number of rotatable bonds is 2. The molecule has 3 heterocycles. The largest absolute Gasteiger partial charge is 0.860 e. The zero-order valence-corrected chi connectivity index (χ0v) is 9.83. The minimum atomic E-state index is -0.0885. The fourth-order valence-corrected chi connectivity index (χ4v) is 1.89. The summed E-state index contributed by atoms with van der Waals surface area (Å²) in [5.41, 5.74) is 1.60. The SMILES string of the molecule is Cc1ccc([O-])n1-c1ccc(-c2ccccn2)o1. The second-order valence-electron chi connectivity index (χ2n) is 4.00. The van der Waals surface area contributed by atoms with E-state index in [9.17, 15) is 5.11 Å². The molecule has 4 heteroatoms. The van der Waals surface area contributed by atoms with Crippen molar-refractivity contribution in [1.29, 1.82) is 0 Å².